The van der Waals surface area contributed by atoms with E-state index in [1.54, 1.807) is 0 Å². The van der Waals surface area contributed by atoms with Crippen molar-refractivity contribution in [2.24, 2.45) is 11.8 Å². The van der Waals surface area contributed by atoms with E-state index in [0.717, 1.165) is 17.9 Å². The van der Waals surface area contributed by atoms with Gasteiger partial charge in [0.1, 0.15) is 0 Å². The lowest BCUT2D eigenvalue weighted by Crippen LogP contribution is -2.50. The van der Waals surface area contributed by atoms with Crippen LogP contribution in [0.2, 0.25) is 0 Å². The van der Waals surface area contributed by atoms with E-state index >= 15 is 0 Å². The van der Waals surface area contributed by atoms with Crippen molar-refractivity contribution < 1.29 is 0 Å². The summed E-state index contributed by atoms with van der Waals surface area (Å²) in [4.78, 5) is 2.64. The summed E-state index contributed by atoms with van der Waals surface area (Å²) in [5, 5.41) is 3.43. The summed E-state index contributed by atoms with van der Waals surface area (Å²) in [6, 6.07) is 0.756. The molecule has 1 aliphatic heterocycles. The quantitative estimate of drug-likeness (QED) is 0.660. The van der Waals surface area contributed by atoms with Gasteiger partial charge in [0.25, 0.3) is 0 Å². The fourth-order valence-electron chi connectivity index (χ4n) is 2.11. The van der Waals surface area contributed by atoms with Crippen LogP contribution in [0.15, 0.2) is 0 Å². The summed E-state index contributed by atoms with van der Waals surface area (Å²) in [7, 11) is 0. The van der Waals surface area contributed by atoms with Crippen molar-refractivity contribution >= 4 is 0 Å². The van der Waals surface area contributed by atoms with Crippen molar-refractivity contribution in [3.05, 3.63) is 0 Å². The van der Waals surface area contributed by atoms with Gasteiger partial charge >= 0.3 is 0 Å². The van der Waals surface area contributed by atoms with Gasteiger partial charge in [-0.3, -0.25) is 4.90 Å². The van der Waals surface area contributed by atoms with Gasteiger partial charge < -0.3 is 5.32 Å². The van der Waals surface area contributed by atoms with Crippen LogP contribution in [0.25, 0.3) is 0 Å². The first-order valence-corrected chi connectivity index (χ1v) is 5.22. The molecule has 1 N–H and O–H groups in total. The summed E-state index contributed by atoms with van der Waals surface area (Å²) in [5.41, 5.74) is 0. The number of nitrogens with one attached hydrogen (secondary N) is 1. The maximum absolute atomic E-state index is 3.43. The van der Waals surface area contributed by atoms with Crippen molar-refractivity contribution in [2.75, 3.05) is 26.2 Å². The molecule has 0 aromatic rings. The predicted octanol–water partition coefficient (Wildman–Crippen LogP) is 0.936. The second-order valence-corrected chi connectivity index (χ2v) is 4.52. The van der Waals surface area contributed by atoms with Crippen LogP contribution in [0.3, 0.4) is 0 Å². The zero-order valence-corrected chi connectivity index (χ0v) is 8.21. The Balaban J connectivity index is 1.77. The second kappa shape index (κ2) is 3.35. The van der Waals surface area contributed by atoms with Crippen LogP contribution < -0.4 is 5.32 Å². The highest BCUT2D eigenvalue weighted by Crippen LogP contribution is 2.38. The monoisotopic (exact) mass is 168 g/mol. The molecular weight excluding hydrogens is 148 g/mol. The van der Waals surface area contributed by atoms with Crippen LogP contribution >= 0.6 is 0 Å². The molecule has 0 amide bonds. The van der Waals surface area contributed by atoms with E-state index in [9.17, 15) is 0 Å². The van der Waals surface area contributed by atoms with Gasteiger partial charge in [-0.25, -0.2) is 0 Å². The van der Waals surface area contributed by atoms with Gasteiger partial charge in [0.15, 0.2) is 0 Å². The molecule has 3 unspecified atom stereocenters. The summed E-state index contributed by atoms with van der Waals surface area (Å²) >= 11 is 0. The van der Waals surface area contributed by atoms with Gasteiger partial charge in [0.2, 0.25) is 0 Å². The van der Waals surface area contributed by atoms with Gasteiger partial charge in [0, 0.05) is 32.2 Å². The van der Waals surface area contributed by atoms with Crippen LogP contribution in [-0.4, -0.2) is 37.1 Å². The first kappa shape index (κ1) is 8.52. The highest BCUT2D eigenvalue weighted by atomic mass is 15.2. The third-order valence-electron chi connectivity index (χ3n) is 3.38. The Labute approximate surface area is 75.3 Å². The second-order valence-electron chi connectivity index (χ2n) is 4.52. The number of hydrogen-bond donors (Lipinski definition) is 1. The van der Waals surface area contributed by atoms with Crippen LogP contribution in [0.1, 0.15) is 20.3 Å². The molecule has 1 aliphatic carbocycles. The van der Waals surface area contributed by atoms with E-state index in [0.29, 0.717) is 0 Å². The Bertz CT molecular complexity index is 158. The van der Waals surface area contributed by atoms with E-state index in [4.69, 9.17) is 0 Å². The molecule has 1 saturated heterocycles. The Hall–Kier alpha value is -0.0800. The van der Waals surface area contributed by atoms with Crippen molar-refractivity contribution in [1.82, 2.24) is 10.2 Å². The molecule has 3 atom stereocenters. The van der Waals surface area contributed by atoms with Crippen molar-refractivity contribution in [3.8, 4) is 0 Å². The number of nitrogens with zero attached hydrogens (tertiary/aromatic N) is 1. The van der Waals surface area contributed by atoms with E-state index in [-0.39, 0.29) is 0 Å². The fraction of sp³-hybridized carbons (Fsp3) is 1.00. The van der Waals surface area contributed by atoms with Crippen LogP contribution in [-0.2, 0) is 0 Å². The number of hydrogen-bond acceptors (Lipinski definition) is 2. The number of rotatable bonds is 2. The average molecular weight is 168 g/mol. The van der Waals surface area contributed by atoms with Crippen LogP contribution in [0.5, 0.6) is 0 Å². The first-order chi connectivity index (χ1) is 5.77. The van der Waals surface area contributed by atoms with E-state index in [1.807, 2.05) is 0 Å². The molecule has 1 saturated carbocycles. The predicted molar refractivity (Wildman–Crippen MR) is 51.2 cm³/mol. The molecule has 0 spiro atoms. The smallest absolute Gasteiger partial charge is 0.0193 e. The minimum atomic E-state index is 0.756. The minimum absolute atomic E-state index is 0.756. The molecule has 0 aromatic heterocycles. The standard InChI is InChI=1S/C10H20N2/c1-8-5-10(8)7-12-4-3-11-6-9(12)2/h8-11H,3-7H2,1-2H3. The molecular formula is C10H20N2. The summed E-state index contributed by atoms with van der Waals surface area (Å²) < 4.78 is 0. The third-order valence-corrected chi connectivity index (χ3v) is 3.38. The third kappa shape index (κ3) is 1.80. The largest absolute Gasteiger partial charge is 0.314 e. The topological polar surface area (TPSA) is 15.3 Å². The van der Waals surface area contributed by atoms with Crippen LogP contribution in [0, 0.1) is 11.8 Å². The lowest BCUT2D eigenvalue weighted by Gasteiger charge is -2.34. The molecule has 0 radical (unpaired) electrons. The highest BCUT2D eigenvalue weighted by Gasteiger charge is 2.35. The first-order valence-electron chi connectivity index (χ1n) is 5.22. The molecule has 2 fully saturated rings. The zero-order chi connectivity index (χ0) is 8.55. The average Bonchev–Trinajstić information content (AvgIpc) is 2.72. The Morgan fingerprint density at radius 1 is 1.42 bits per heavy atom. The SMILES string of the molecule is CC1CC1CN1CCNCC1C. The van der Waals surface area contributed by atoms with Gasteiger partial charge in [-0.2, -0.15) is 0 Å². The Morgan fingerprint density at radius 2 is 2.17 bits per heavy atom. The molecule has 1 heterocycles. The van der Waals surface area contributed by atoms with Gasteiger partial charge in [-0.15, -0.1) is 0 Å². The lowest BCUT2D eigenvalue weighted by molar-refractivity contribution is 0.164. The normalized spacial score (nSPS) is 43.0. The van der Waals surface area contributed by atoms with Crippen molar-refractivity contribution in [2.45, 2.75) is 26.3 Å². The Kier molecular flexibility index (Phi) is 2.37. The van der Waals surface area contributed by atoms with E-state index in [1.165, 1.54) is 32.6 Å². The fourth-order valence-corrected chi connectivity index (χ4v) is 2.11. The molecule has 0 aromatic carbocycles. The van der Waals surface area contributed by atoms with E-state index < -0.39 is 0 Å². The molecule has 12 heavy (non-hydrogen) atoms. The maximum atomic E-state index is 3.43. The van der Waals surface area contributed by atoms with Crippen molar-refractivity contribution in [1.29, 1.82) is 0 Å². The summed E-state index contributed by atoms with van der Waals surface area (Å²) in [5.74, 6) is 2.03. The van der Waals surface area contributed by atoms with Gasteiger partial charge in [0.05, 0.1) is 0 Å². The molecule has 70 valence electrons. The molecule has 2 heteroatoms. The number of piperazine rings is 1. The zero-order valence-electron chi connectivity index (χ0n) is 8.21. The maximum Gasteiger partial charge on any atom is 0.0193 e. The summed E-state index contributed by atoms with van der Waals surface area (Å²) in [6.07, 6.45) is 1.47. The van der Waals surface area contributed by atoms with E-state index in [2.05, 4.69) is 24.1 Å². The lowest BCUT2D eigenvalue weighted by atomic mass is 10.2. The molecule has 2 aliphatic rings. The Morgan fingerprint density at radius 3 is 2.75 bits per heavy atom. The van der Waals surface area contributed by atoms with Gasteiger partial charge in [-0.1, -0.05) is 6.92 Å². The summed E-state index contributed by atoms with van der Waals surface area (Å²) in [6.45, 7) is 9.68. The van der Waals surface area contributed by atoms with Crippen LogP contribution in [0.4, 0.5) is 0 Å². The molecule has 2 nitrogen and oxygen atoms in total. The highest BCUT2D eigenvalue weighted by molar-refractivity contribution is 4.88. The van der Waals surface area contributed by atoms with Crippen molar-refractivity contribution in [3.63, 3.8) is 0 Å². The molecule has 2 rings (SSSR count). The van der Waals surface area contributed by atoms with Gasteiger partial charge in [-0.05, 0) is 25.2 Å². The minimum Gasteiger partial charge on any atom is -0.314 e. The molecule has 0 bridgehead atoms.